The zero-order valence-electron chi connectivity index (χ0n) is 19.3. The number of benzene rings is 1. The molecule has 0 radical (unpaired) electrons. The van der Waals surface area contributed by atoms with Gasteiger partial charge in [0.05, 0.1) is 6.61 Å². The van der Waals surface area contributed by atoms with E-state index in [0.717, 1.165) is 0 Å². The van der Waals surface area contributed by atoms with Crippen LogP contribution in [0.3, 0.4) is 0 Å². The number of hydrogen-bond acceptors (Lipinski definition) is 6. The Morgan fingerprint density at radius 2 is 1.38 bits per heavy atom. The van der Waals surface area contributed by atoms with Gasteiger partial charge < -0.3 is 20.1 Å². The zero-order valence-corrected chi connectivity index (χ0v) is 19.3. The molecule has 0 atom stereocenters. The van der Waals surface area contributed by atoms with Crippen LogP contribution in [0.4, 0.5) is 24.9 Å². The van der Waals surface area contributed by atoms with Crippen molar-refractivity contribution in [3.63, 3.8) is 0 Å². The summed E-state index contributed by atoms with van der Waals surface area (Å²) >= 11 is 0. The average Bonchev–Trinajstić information content (AvgIpc) is 2.64. The number of amides is 6. The van der Waals surface area contributed by atoms with Crippen molar-refractivity contribution in [2.24, 2.45) is 20.5 Å². The molecule has 0 saturated heterocycles. The standard InChI is InChI=1S/C10H11N3O3.C10H19N3O3.2H2/c1-2-16-10(15)13-12-9(14)11-8-6-4-3-5-7-8;1-9(2,3)11-7(14)12-13-8(15)16-10(4,5)6;;/h3-7H,2H2,1H3,(H,11,14);1-6H3,(H,11,14);2*1H/b2*13-12+;;. The second-order valence-electron chi connectivity index (χ2n) is 8.06. The number of carbonyl (C=O) groups excluding carboxylic acids is 4. The number of anilines is 1. The van der Waals surface area contributed by atoms with Crippen molar-refractivity contribution in [2.75, 3.05) is 11.9 Å². The number of nitrogens with zero attached hydrogens (tertiary/aromatic N) is 4. The first-order chi connectivity index (χ1) is 14.7. The molecular weight excluding hydrogens is 420 g/mol. The summed E-state index contributed by atoms with van der Waals surface area (Å²) in [6.45, 7) is 12.3. The van der Waals surface area contributed by atoms with E-state index in [-0.39, 0.29) is 9.46 Å². The number of carbonyl (C=O) groups is 4. The SMILES string of the molecule is CC(C)(C)NC(=O)/N=N/C(=O)OC(C)(C)C.CCOC(=O)/N=N/C(=O)Nc1ccccc1.[HH].[HH]. The third kappa shape index (κ3) is 17.2. The summed E-state index contributed by atoms with van der Waals surface area (Å²) in [5.74, 6) is 0. The molecule has 2 N–H and O–H groups in total. The zero-order chi connectivity index (χ0) is 24.8. The number of para-hydroxylation sites is 1. The number of azo groups is 2. The molecule has 1 aromatic carbocycles. The van der Waals surface area contributed by atoms with Crippen molar-refractivity contribution >= 4 is 29.9 Å². The summed E-state index contributed by atoms with van der Waals surface area (Å²) in [4.78, 5) is 44.1. The van der Waals surface area contributed by atoms with E-state index < -0.39 is 35.4 Å². The minimum Gasteiger partial charge on any atom is -0.447 e. The fourth-order valence-electron chi connectivity index (χ4n) is 1.62. The van der Waals surface area contributed by atoms with Crippen LogP contribution in [0.2, 0.25) is 0 Å². The maximum absolute atomic E-state index is 11.1. The Balaban J connectivity index is -0.000000534. The van der Waals surface area contributed by atoms with E-state index in [1.807, 2.05) is 6.07 Å². The highest BCUT2D eigenvalue weighted by molar-refractivity contribution is 5.90. The third-order valence-electron chi connectivity index (χ3n) is 2.61. The average molecular weight is 455 g/mol. The third-order valence-corrected chi connectivity index (χ3v) is 2.61. The van der Waals surface area contributed by atoms with Crippen LogP contribution in [0, 0.1) is 0 Å². The molecule has 0 unspecified atom stereocenters. The lowest BCUT2D eigenvalue weighted by Crippen LogP contribution is -2.38. The monoisotopic (exact) mass is 454 g/mol. The number of ether oxygens (including phenoxy) is 2. The molecule has 0 heterocycles. The van der Waals surface area contributed by atoms with Crippen LogP contribution < -0.4 is 10.6 Å². The lowest BCUT2D eigenvalue weighted by Gasteiger charge is -2.18. The molecule has 0 aromatic heterocycles. The van der Waals surface area contributed by atoms with Gasteiger partial charge in [-0.3, -0.25) is 0 Å². The van der Waals surface area contributed by atoms with E-state index in [4.69, 9.17) is 4.74 Å². The lowest BCUT2D eigenvalue weighted by atomic mass is 10.1. The Bertz CT molecular complexity index is 806. The summed E-state index contributed by atoms with van der Waals surface area (Å²) in [5, 5.41) is 17.5. The molecule has 6 amide bonds. The van der Waals surface area contributed by atoms with Gasteiger partial charge in [-0.2, -0.15) is 0 Å². The summed E-state index contributed by atoms with van der Waals surface area (Å²) < 4.78 is 9.30. The highest BCUT2D eigenvalue weighted by Gasteiger charge is 2.17. The first-order valence-corrected chi connectivity index (χ1v) is 9.63. The van der Waals surface area contributed by atoms with E-state index in [2.05, 4.69) is 35.8 Å². The van der Waals surface area contributed by atoms with Crippen LogP contribution >= 0.6 is 0 Å². The number of urea groups is 2. The van der Waals surface area contributed by atoms with Crippen LogP contribution in [-0.4, -0.2) is 42.0 Å². The van der Waals surface area contributed by atoms with Gasteiger partial charge in [0.15, 0.2) is 0 Å². The second kappa shape index (κ2) is 13.6. The Kier molecular flexibility index (Phi) is 12.0. The van der Waals surface area contributed by atoms with Crippen molar-refractivity contribution in [3.05, 3.63) is 30.3 Å². The molecule has 1 aromatic rings. The Labute approximate surface area is 189 Å². The second-order valence-corrected chi connectivity index (χ2v) is 8.06. The van der Waals surface area contributed by atoms with E-state index in [1.54, 1.807) is 72.7 Å². The van der Waals surface area contributed by atoms with Crippen molar-refractivity contribution in [1.82, 2.24) is 5.32 Å². The van der Waals surface area contributed by atoms with Crippen LogP contribution in [0.15, 0.2) is 50.8 Å². The molecule has 0 bridgehead atoms. The Hall–Kier alpha value is -3.70. The molecule has 0 aliphatic carbocycles. The molecule has 0 spiro atoms. The van der Waals surface area contributed by atoms with Crippen LogP contribution in [0.1, 0.15) is 51.3 Å². The molecular formula is C20H34N6O6. The van der Waals surface area contributed by atoms with E-state index in [9.17, 15) is 19.2 Å². The fraction of sp³-hybridized carbons (Fsp3) is 0.500. The van der Waals surface area contributed by atoms with E-state index in [1.165, 1.54) is 0 Å². The minimum absolute atomic E-state index is 0. The maximum atomic E-state index is 11.1. The molecule has 12 nitrogen and oxygen atoms in total. The van der Waals surface area contributed by atoms with Gasteiger partial charge in [0, 0.05) is 14.1 Å². The van der Waals surface area contributed by atoms with Gasteiger partial charge in [0.2, 0.25) is 0 Å². The molecule has 1 rings (SSSR count). The predicted molar refractivity (Wildman–Crippen MR) is 121 cm³/mol. The van der Waals surface area contributed by atoms with E-state index in [0.29, 0.717) is 5.69 Å². The quantitative estimate of drug-likeness (QED) is 0.506. The highest BCUT2D eigenvalue weighted by Crippen LogP contribution is 2.08. The summed E-state index contributed by atoms with van der Waals surface area (Å²) in [7, 11) is 0. The van der Waals surface area contributed by atoms with Gasteiger partial charge >= 0.3 is 24.2 Å². The Morgan fingerprint density at radius 3 is 1.88 bits per heavy atom. The van der Waals surface area contributed by atoms with Gasteiger partial charge in [0.1, 0.15) is 5.60 Å². The van der Waals surface area contributed by atoms with E-state index >= 15 is 0 Å². The number of nitrogens with one attached hydrogen (secondary N) is 2. The van der Waals surface area contributed by atoms with Gasteiger partial charge in [-0.25, -0.2) is 19.2 Å². The largest absolute Gasteiger partial charge is 0.453 e. The highest BCUT2D eigenvalue weighted by atomic mass is 16.6. The predicted octanol–water partition coefficient (Wildman–Crippen LogP) is 6.20. The van der Waals surface area contributed by atoms with Crippen molar-refractivity contribution in [1.29, 1.82) is 0 Å². The van der Waals surface area contributed by atoms with Gasteiger partial charge in [0.25, 0.3) is 0 Å². The molecule has 0 aliphatic rings. The van der Waals surface area contributed by atoms with Gasteiger partial charge in [-0.1, -0.05) is 38.7 Å². The molecule has 0 aliphatic heterocycles. The van der Waals surface area contributed by atoms with Crippen molar-refractivity contribution in [3.8, 4) is 0 Å². The normalized spacial score (nSPS) is 11.3. The van der Waals surface area contributed by atoms with Gasteiger partial charge in [-0.15, -0.1) is 0 Å². The van der Waals surface area contributed by atoms with Crippen molar-refractivity contribution < 1.29 is 31.5 Å². The minimum atomic E-state index is -0.884. The Morgan fingerprint density at radius 1 is 0.844 bits per heavy atom. The summed E-state index contributed by atoms with van der Waals surface area (Å²) in [6.07, 6.45) is -1.76. The molecule has 0 saturated carbocycles. The molecule has 12 heteroatoms. The number of hydrogen-bond donors (Lipinski definition) is 2. The maximum Gasteiger partial charge on any atom is 0.453 e. The first kappa shape index (κ1) is 28.3. The fourth-order valence-corrected chi connectivity index (χ4v) is 1.62. The van der Waals surface area contributed by atoms with Gasteiger partial charge in [-0.05, 0) is 60.6 Å². The first-order valence-electron chi connectivity index (χ1n) is 9.63. The van der Waals surface area contributed by atoms with Crippen LogP contribution in [0.25, 0.3) is 0 Å². The molecule has 180 valence electrons. The topological polar surface area (TPSA) is 160 Å². The van der Waals surface area contributed by atoms with Crippen LogP contribution in [0.5, 0.6) is 0 Å². The smallest absolute Gasteiger partial charge is 0.447 e. The van der Waals surface area contributed by atoms with Crippen molar-refractivity contribution in [2.45, 2.75) is 59.6 Å². The number of rotatable bonds is 2. The lowest BCUT2D eigenvalue weighted by molar-refractivity contribution is 0.0590. The molecule has 0 fully saturated rings. The summed E-state index contributed by atoms with van der Waals surface area (Å²) in [5.41, 5.74) is -0.476. The molecule has 32 heavy (non-hydrogen) atoms. The summed E-state index contributed by atoms with van der Waals surface area (Å²) in [6, 6.07) is 7.33. The van der Waals surface area contributed by atoms with Crippen LogP contribution in [-0.2, 0) is 9.47 Å².